The lowest BCUT2D eigenvalue weighted by Gasteiger charge is -2.38. The summed E-state index contributed by atoms with van der Waals surface area (Å²) in [6, 6.07) is 0. The van der Waals surface area contributed by atoms with E-state index in [1.807, 2.05) is 6.92 Å². The third-order valence-electron chi connectivity index (χ3n) is 5.09. The number of fused-ring (bicyclic) bond motifs is 1. The SMILES string of the molecule is CCCC(=O)NC1=C2N=CN([C@@H]3O[C@H](CO)[C@@H](O)[C@H]3OC(=O)CCC)C2N(OP(=O)(O)O)C=N1. The van der Waals surface area contributed by atoms with E-state index in [2.05, 4.69) is 15.3 Å². The number of aliphatic hydroxyl groups is 2. The minimum Gasteiger partial charge on any atom is -0.455 e. The molecule has 1 saturated heterocycles. The molecule has 3 heterocycles. The Morgan fingerprint density at radius 2 is 1.91 bits per heavy atom. The molecule has 0 saturated carbocycles. The van der Waals surface area contributed by atoms with Gasteiger partial charge in [-0.3, -0.25) is 9.59 Å². The highest BCUT2D eigenvalue weighted by atomic mass is 31.2. The summed E-state index contributed by atoms with van der Waals surface area (Å²) >= 11 is 0. The molecule has 5 N–H and O–H groups in total. The van der Waals surface area contributed by atoms with Crippen LogP contribution in [0.5, 0.6) is 0 Å². The normalized spacial score (nSPS) is 28.5. The van der Waals surface area contributed by atoms with Gasteiger partial charge in [0.25, 0.3) is 0 Å². The van der Waals surface area contributed by atoms with Crippen LogP contribution < -0.4 is 5.32 Å². The smallest absolute Gasteiger partial charge is 0.455 e. The lowest BCUT2D eigenvalue weighted by molar-refractivity contribution is -0.166. The standard InChI is InChI=1S/C18H28N5O10P/c1-3-5-11(25)21-16-13-17(23(9-20-16)33-34(28,29)30)22(8-19-13)18-15(32-12(26)6-4-2)14(27)10(7-24)31-18/h8-10,14-15,17-18,24,27H,3-7H2,1-2H3,(H,21,25)(H2,28,29,30)/t10-,14-,15-,17?,18-/m1/s1. The van der Waals surface area contributed by atoms with Gasteiger partial charge < -0.3 is 39.7 Å². The van der Waals surface area contributed by atoms with Crippen molar-refractivity contribution in [2.45, 2.75) is 70.2 Å². The number of carbonyl (C=O) groups excluding carboxylic acids is 2. The number of esters is 1. The summed E-state index contributed by atoms with van der Waals surface area (Å²) in [7, 11) is -5.05. The highest BCUT2D eigenvalue weighted by Crippen LogP contribution is 2.42. The number of phosphoric acid groups is 1. The molecule has 0 aromatic heterocycles. The summed E-state index contributed by atoms with van der Waals surface area (Å²) < 4.78 is 27.4. The summed E-state index contributed by atoms with van der Waals surface area (Å²) in [5.41, 5.74) is 0.0598. The van der Waals surface area contributed by atoms with Crippen molar-refractivity contribution < 1.29 is 48.3 Å². The zero-order valence-electron chi connectivity index (χ0n) is 18.6. The molecule has 15 nitrogen and oxygen atoms in total. The quantitative estimate of drug-likeness (QED) is 0.177. The van der Waals surface area contributed by atoms with Gasteiger partial charge in [0.2, 0.25) is 5.91 Å². The summed E-state index contributed by atoms with van der Waals surface area (Å²) in [6.45, 7) is 3.00. The van der Waals surface area contributed by atoms with Gasteiger partial charge in [0, 0.05) is 12.8 Å². The molecule has 0 aromatic carbocycles. The largest absolute Gasteiger partial charge is 0.491 e. The first-order chi connectivity index (χ1) is 16.1. The molecule has 5 atom stereocenters. The van der Waals surface area contributed by atoms with Crippen LogP contribution in [-0.2, 0) is 28.3 Å². The van der Waals surface area contributed by atoms with Crippen LogP contribution in [0.4, 0.5) is 0 Å². The minimum absolute atomic E-state index is 0.0181. The van der Waals surface area contributed by atoms with Crippen LogP contribution in [0.3, 0.4) is 0 Å². The molecule has 0 spiro atoms. The Kier molecular flexibility index (Phi) is 8.41. The number of hydroxylamine groups is 2. The Labute approximate surface area is 194 Å². The summed E-state index contributed by atoms with van der Waals surface area (Å²) in [6.07, 6.45) is -2.69. The van der Waals surface area contributed by atoms with Crippen molar-refractivity contribution in [3.63, 3.8) is 0 Å². The number of nitrogens with one attached hydrogen (secondary N) is 1. The number of hydrogen-bond acceptors (Lipinski definition) is 12. The van der Waals surface area contributed by atoms with Gasteiger partial charge in [-0.25, -0.2) is 19.6 Å². The zero-order chi connectivity index (χ0) is 25.0. The van der Waals surface area contributed by atoms with E-state index in [9.17, 15) is 34.2 Å². The zero-order valence-corrected chi connectivity index (χ0v) is 19.4. The first-order valence-electron chi connectivity index (χ1n) is 10.7. The lowest BCUT2D eigenvalue weighted by Crippen LogP contribution is -2.55. The summed E-state index contributed by atoms with van der Waals surface area (Å²) in [5.74, 6) is -0.936. The Bertz CT molecular complexity index is 921. The maximum atomic E-state index is 12.1. The number of hydrogen-bond donors (Lipinski definition) is 5. The van der Waals surface area contributed by atoms with Crippen LogP contribution in [0.1, 0.15) is 39.5 Å². The molecule has 0 aromatic rings. The lowest BCUT2D eigenvalue weighted by atomic mass is 10.1. The Hall–Kier alpha value is -2.39. The van der Waals surface area contributed by atoms with Crippen molar-refractivity contribution >= 4 is 32.4 Å². The van der Waals surface area contributed by atoms with E-state index in [1.165, 1.54) is 11.2 Å². The number of ether oxygens (including phenoxy) is 2. The fraction of sp³-hybridized carbons (Fsp3) is 0.667. The molecule has 1 amide bonds. The minimum atomic E-state index is -5.05. The molecule has 3 aliphatic heterocycles. The number of carbonyl (C=O) groups is 2. The van der Waals surface area contributed by atoms with Gasteiger partial charge in [-0.2, -0.15) is 4.62 Å². The number of aliphatic imine (C=N–C) groups is 2. The average molecular weight is 505 g/mol. The van der Waals surface area contributed by atoms with E-state index >= 15 is 0 Å². The molecule has 0 radical (unpaired) electrons. The van der Waals surface area contributed by atoms with Crippen molar-refractivity contribution in [3.05, 3.63) is 11.5 Å². The Balaban J connectivity index is 1.94. The van der Waals surface area contributed by atoms with Crippen molar-refractivity contribution in [2.75, 3.05) is 6.61 Å². The Morgan fingerprint density at radius 1 is 1.21 bits per heavy atom. The van der Waals surface area contributed by atoms with Crippen molar-refractivity contribution in [2.24, 2.45) is 9.98 Å². The van der Waals surface area contributed by atoms with Gasteiger partial charge in [0.05, 0.1) is 12.9 Å². The third kappa shape index (κ3) is 5.81. The summed E-state index contributed by atoms with van der Waals surface area (Å²) in [5, 5.41) is 23.5. The van der Waals surface area contributed by atoms with Gasteiger partial charge in [-0.05, 0) is 12.8 Å². The van der Waals surface area contributed by atoms with E-state index in [-0.39, 0.29) is 30.3 Å². The molecular formula is C18H28N5O10P. The number of aliphatic hydroxyl groups excluding tert-OH is 2. The second kappa shape index (κ2) is 10.9. The van der Waals surface area contributed by atoms with E-state index in [0.29, 0.717) is 17.9 Å². The number of amides is 1. The molecule has 190 valence electrons. The summed E-state index contributed by atoms with van der Waals surface area (Å²) in [4.78, 5) is 52.4. The van der Waals surface area contributed by atoms with E-state index in [0.717, 1.165) is 6.34 Å². The molecular weight excluding hydrogens is 477 g/mol. The highest BCUT2D eigenvalue weighted by molar-refractivity contribution is 7.46. The predicted octanol–water partition coefficient (Wildman–Crippen LogP) is -1.10. The monoisotopic (exact) mass is 505 g/mol. The van der Waals surface area contributed by atoms with Crippen LogP contribution in [0, 0.1) is 0 Å². The molecule has 34 heavy (non-hydrogen) atoms. The van der Waals surface area contributed by atoms with Gasteiger partial charge in [-0.1, -0.05) is 13.8 Å². The molecule has 0 bridgehead atoms. The average Bonchev–Trinajstić information content (AvgIpc) is 3.32. The maximum absolute atomic E-state index is 12.1. The van der Waals surface area contributed by atoms with Crippen LogP contribution in [0.2, 0.25) is 0 Å². The fourth-order valence-electron chi connectivity index (χ4n) is 3.64. The van der Waals surface area contributed by atoms with Gasteiger partial charge in [-0.15, -0.1) is 0 Å². The number of nitrogens with zero attached hydrogens (tertiary/aromatic N) is 4. The first-order valence-corrected chi connectivity index (χ1v) is 12.2. The van der Waals surface area contributed by atoms with Crippen molar-refractivity contribution in [3.8, 4) is 0 Å². The van der Waals surface area contributed by atoms with E-state index in [1.54, 1.807) is 6.92 Å². The molecule has 3 rings (SSSR count). The molecule has 1 unspecified atom stereocenters. The third-order valence-corrected chi connectivity index (χ3v) is 5.49. The molecule has 0 aliphatic carbocycles. The van der Waals surface area contributed by atoms with E-state index in [4.69, 9.17) is 14.1 Å². The second-order valence-electron chi connectivity index (χ2n) is 7.72. The van der Waals surface area contributed by atoms with Crippen LogP contribution in [-0.4, -0.2) is 91.8 Å². The molecule has 1 fully saturated rings. The van der Waals surface area contributed by atoms with Crippen LogP contribution in [0.25, 0.3) is 0 Å². The van der Waals surface area contributed by atoms with Crippen molar-refractivity contribution in [1.82, 2.24) is 15.3 Å². The van der Waals surface area contributed by atoms with Gasteiger partial charge >= 0.3 is 13.8 Å². The Morgan fingerprint density at radius 3 is 2.53 bits per heavy atom. The van der Waals surface area contributed by atoms with Crippen LogP contribution in [0.15, 0.2) is 21.5 Å². The highest BCUT2D eigenvalue weighted by Gasteiger charge is 2.53. The maximum Gasteiger partial charge on any atom is 0.491 e. The van der Waals surface area contributed by atoms with Crippen molar-refractivity contribution in [1.29, 1.82) is 0 Å². The van der Waals surface area contributed by atoms with Gasteiger partial charge in [0.1, 0.15) is 24.2 Å². The van der Waals surface area contributed by atoms with Crippen LogP contribution >= 0.6 is 7.82 Å². The molecule has 3 aliphatic rings. The fourth-order valence-corrected chi connectivity index (χ4v) is 4.02. The first kappa shape index (κ1) is 26.2. The van der Waals surface area contributed by atoms with Gasteiger partial charge in [0.15, 0.2) is 24.3 Å². The second-order valence-corrected chi connectivity index (χ2v) is 8.86. The van der Waals surface area contributed by atoms with E-state index < -0.39 is 51.1 Å². The topological polar surface area (TPSA) is 203 Å². The molecule has 16 heteroatoms. The predicted molar refractivity (Wildman–Crippen MR) is 114 cm³/mol. The number of rotatable bonds is 10.